The topological polar surface area (TPSA) is 51.0 Å². The minimum absolute atomic E-state index is 0.367. The summed E-state index contributed by atoms with van der Waals surface area (Å²) in [5, 5.41) is 3.13. The number of hydrogen-bond donors (Lipinski definition) is 1. The van der Waals surface area contributed by atoms with Gasteiger partial charge in [0.15, 0.2) is 16.3 Å². The number of anilines is 1. The Kier molecular flexibility index (Phi) is 4.30. The van der Waals surface area contributed by atoms with Gasteiger partial charge in [0.25, 0.3) is 0 Å². The lowest BCUT2D eigenvalue weighted by molar-refractivity contribution is 0.549. The number of nitrogens with zero attached hydrogens (tertiary/aromatic N) is 2. The van der Waals surface area contributed by atoms with Gasteiger partial charge in [0.05, 0.1) is 4.47 Å². The highest BCUT2D eigenvalue weighted by Gasteiger charge is 2.17. The molecule has 0 aromatic carbocycles. The van der Waals surface area contributed by atoms with Crippen LogP contribution >= 0.6 is 31.9 Å². The zero-order chi connectivity index (χ0) is 14.2. The third kappa shape index (κ3) is 2.84. The van der Waals surface area contributed by atoms with Crippen molar-refractivity contribution < 1.29 is 4.42 Å². The summed E-state index contributed by atoms with van der Waals surface area (Å²) in [6, 6.07) is 1.85. The molecular formula is C13H15Br2N3O. The molecule has 2 aromatic rings. The van der Waals surface area contributed by atoms with Crippen molar-refractivity contribution >= 4 is 37.7 Å². The van der Waals surface area contributed by atoms with E-state index in [0.717, 1.165) is 21.5 Å². The van der Waals surface area contributed by atoms with Gasteiger partial charge >= 0.3 is 0 Å². The van der Waals surface area contributed by atoms with Gasteiger partial charge in [0.1, 0.15) is 5.82 Å². The molecule has 0 bridgehead atoms. The third-order valence-corrected chi connectivity index (χ3v) is 4.53. The van der Waals surface area contributed by atoms with Crippen LogP contribution in [0, 0.1) is 6.92 Å². The molecule has 0 aliphatic carbocycles. The van der Waals surface area contributed by atoms with Crippen LogP contribution in [0.2, 0.25) is 0 Å². The summed E-state index contributed by atoms with van der Waals surface area (Å²) in [5.74, 6) is 2.43. The fourth-order valence-electron chi connectivity index (χ4n) is 2.03. The Hall–Kier alpha value is -0.880. The first-order chi connectivity index (χ1) is 8.93. The van der Waals surface area contributed by atoms with Crippen LogP contribution in [-0.4, -0.2) is 17.0 Å². The number of furan rings is 1. The number of hydrogen-bond acceptors (Lipinski definition) is 4. The van der Waals surface area contributed by atoms with Crippen molar-refractivity contribution in [3.63, 3.8) is 0 Å². The highest BCUT2D eigenvalue weighted by atomic mass is 79.9. The third-order valence-electron chi connectivity index (χ3n) is 2.82. The van der Waals surface area contributed by atoms with E-state index in [-0.39, 0.29) is 0 Å². The summed E-state index contributed by atoms with van der Waals surface area (Å²) in [6.45, 7) is 6.26. The quantitative estimate of drug-likeness (QED) is 0.825. The van der Waals surface area contributed by atoms with E-state index in [4.69, 9.17) is 4.42 Å². The number of aryl methyl sites for hydroxylation is 1. The average Bonchev–Trinajstić information content (AvgIpc) is 2.68. The minimum Gasteiger partial charge on any atom is -0.445 e. The summed E-state index contributed by atoms with van der Waals surface area (Å²) >= 11 is 6.71. The molecule has 4 nitrogen and oxygen atoms in total. The van der Waals surface area contributed by atoms with E-state index >= 15 is 0 Å². The van der Waals surface area contributed by atoms with Crippen molar-refractivity contribution in [2.75, 3.05) is 12.4 Å². The van der Waals surface area contributed by atoms with E-state index in [1.54, 1.807) is 0 Å². The second-order valence-corrected chi connectivity index (χ2v) is 6.11. The molecule has 19 heavy (non-hydrogen) atoms. The zero-order valence-corrected chi connectivity index (χ0v) is 14.4. The predicted octanol–water partition coefficient (Wildman–Crippen LogP) is 4.74. The van der Waals surface area contributed by atoms with Crippen LogP contribution in [0.5, 0.6) is 0 Å². The first-order valence-electron chi connectivity index (χ1n) is 5.95. The molecule has 2 heterocycles. The number of halogens is 2. The summed E-state index contributed by atoms with van der Waals surface area (Å²) in [5.41, 5.74) is 2.10. The lowest BCUT2D eigenvalue weighted by Crippen LogP contribution is -2.06. The standard InChI is InChI=1S/C13H15Br2N3O/c1-6(2)10-7(3)17-12(18-13(10)16-4)9-5-8(14)11(15)19-9/h5-6H,1-4H3,(H,16,17,18). The van der Waals surface area contributed by atoms with Crippen LogP contribution in [0.4, 0.5) is 5.82 Å². The fraction of sp³-hybridized carbons (Fsp3) is 0.385. The van der Waals surface area contributed by atoms with Crippen LogP contribution in [0.15, 0.2) is 19.6 Å². The number of aromatic nitrogens is 2. The second-order valence-electron chi connectivity index (χ2n) is 4.53. The van der Waals surface area contributed by atoms with Gasteiger partial charge < -0.3 is 9.73 Å². The van der Waals surface area contributed by atoms with E-state index < -0.39 is 0 Å². The summed E-state index contributed by atoms with van der Waals surface area (Å²) in [6.07, 6.45) is 0. The lowest BCUT2D eigenvalue weighted by Gasteiger charge is -2.14. The molecule has 0 spiro atoms. The largest absolute Gasteiger partial charge is 0.445 e. The molecule has 102 valence electrons. The molecule has 2 rings (SSSR count). The van der Waals surface area contributed by atoms with Gasteiger partial charge in [-0.1, -0.05) is 13.8 Å². The van der Waals surface area contributed by atoms with Gasteiger partial charge in [-0.25, -0.2) is 9.97 Å². The molecule has 2 aromatic heterocycles. The van der Waals surface area contributed by atoms with Gasteiger partial charge in [-0.3, -0.25) is 0 Å². The Morgan fingerprint density at radius 3 is 2.42 bits per heavy atom. The maximum absolute atomic E-state index is 5.57. The van der Waals surface area contributed by atoms with Crippen LogP contribution < -0.4 is 5.32 Å². The van der Waals surface area contributed by atoms with Crippen molar-refractivity contribution in [2.45, 2.75) is 26.7 Å². The van der Waals surface area contributed by atoms with E-state index in [1.807, 2.05) is 20.0 Å². The maximum atomic E-state index is 5.57. The Bertz CT molecular complexity index is 589. The van der Waals surface area contributed by atoms with Gasteiger partial charge in [-0.15, -0.1) is 0 Å². The normalized spacial score (nSPS) is 11.1. The SMILES string of the molecule is CNc1nc(-c2cc(Br)c(Br)o2)nc(C)c1C(C)C. The van der Waals surface area contributed by atoms with E-state index in [9.17, 15) is 0 Å². The summed E-state index contributed by atoms with van der Waals surface area (Å²) in [7, 11) is 1.87. The Morgan fingerprint density at radius 1 is 1.26 bits per heavy atom. The monoisotopic (exact) mass is 387 g/mol. The minimum atomic E-state index is 0.367. The molecule has 0 radical (unpaired) electrons. The molecule has 0 aliphatic rings. The van der Waals surface area contributed by atoms with Crippen molar-refractivity contribution in [1.82, 2.24) is 9.97 Å². The molecule has 0 amide bonds. The lowest BCUT2D eigenvalue weighted by atomic mass is 10.0. The van der Waals surface area contributed by atoms with Crippen molar-refractivity contribution in [2.24, 2.45) is 0 Å². The highest BCUT2D eigenvalue weighted by Crippen LogP contribution is 2.33. The molecule has 0 unspecified atom stereocenters. The van der Waals surface area contributed by atoms with E-state index in [0.29, 0.717) is 22.2 Å². The molecule has 0 saturated heterocycles. The van der Waals surface area contributed by atoms with E-state index in [2.05, 4.69) is 61.0 Å². The van der Waals surface area contributed by atoms with Crippen molar-refractivity contribution in [1.29, 1.82) is 0 Å². The van der Waals surface area contributed by atoms with Crippen molar-refractivity contribution in [3.8, 4) is 11.6 Å². The predicted molar refractivity (Wildman–Crippen MR) is 83.5 cm³/mol. The van der Waals surface area contributed by atoms with Gasteiger partial charge in [0.2, 0.25) is 0 Å². The molecular weight excluding hydrogens is 374 g/mol. The van der Waals surface area contributed by atoms with Gasteiger partial charge in [-0.2, -0.15) is 0 Å². The molecule has 0 fully saturated rings. The zero-order valence-electron chi connectivity index (χ0n) is 11.2. The highest BCUT2D eigenvalue weighted by molar-refractivity contribution is 9.13. The summed E-state index contributed by atoms with van der Waals surface area (Å²) < 4.78 is 7.06. The van der Waals surface area contributed by atoms with Crippen molar-refractivity contribution in [3.05, 3.63) is 26.5 Å². The Morgan fingerprint density at radius 2 is 1.95 bits per heavy atom. The second kappa shape index (κ2) is 5.63. The van der Waals surface area contributed by atoms with E-state index in [1.165, 1.54) is 0 Å². The summed E-state index contributed by atoms with van der Waals surface area (Å²) in [4.78, 5) is 9.08. The number of nitrogens with one attached hydrogen (secondary N) is 1. The Labute approximate surface area is 129 Å². The first-order valence-corrected chi connectivity index (χ1v) is 7.54. The smallest absolute Gasteiger partial charge is 0.197 e. The van der Waals surface area contributed by atoms with Crippen LogP contribution in [0.25, 0.3) is 11.6 Å². The first kappa shape index (κ1) is 14.5. The molecule has 0 atom stereocenters. The Balaban J connectivity index is 2.57. The molecule has 6 heteroatoms. The van der Waals surface area contributed by atoms with Gasteiger partial charge in [-0.05, 0) is 44.7 Å². The molecule has 1 N–H and O–H groups in total. The maximum Gasteiger partial charge on any atom is 0.197 e. The van der Waals surface area contributed by atoms with Crippen LogP contribution in [0.1, 0.15) is 31.0 Å². The average molecular weight is 389 g/mol. The van der Waals surface area contributed by atoms with Crippen LogP contribution in [-0.2, 0) is 0 Å². The van der Waals surface area contributed by atoms with Crippen LogP contribution in [0.3, 0.4) is 0 Å². The molecule has 0 aliphatic heterocycles. The fourth-order valence-corrected chi connectivity index (χ4v) is 2.61. The molecule has 0 saturated carbocycles. The van der Waals surface area contributed by atoms with Gasteiger partial charge in [0, 0.05) is 24.4 Å². The number of rotatable bonds is 3.